The monoisotopic (exact) mass is 281 g/mol. The third-order valence-electron chi connectivity index (χ3n) is 4.02. The lowest BCUT2D eigenvalue weighted by Gasteiger charge is -2.18. The van der Waals surface area contributed by atoms with Crippen molar-refractivity contribution < 1.29 is 9.90 Å². The van der Waals surface area contributed by atoms with Crippen LogP contribution in [0.4, 0.5) is 0 Å². The molecule has 1 N–H and O–H groups in total. The van der Waals surface area contributed by atoms with Crippen LogP contribution in [-0.2, 0) is 11.3 Å². The molecule has 3 nitrogen and oxygen atoms in total. The van der Waals surface area contributed by atoms with Gasteiger partial charge in [0.1, 0.15) is 0 Å². The van der Waals surface area contributed by atoms with Gasteiger partial charge in [-0.05, 0) is 36.0 Å². The Morgan fingerprint density at radius 3 is 2.84 bits per heavy atom. The molecule has 19 heavy (non-hydrogen) atoms. The summed E-state index contributed by atoms with van der Waals surface area (Å²) in [6.07, 6.45) is 0.263. The predicted molar refractivity (Wildman–Crippen MR) is 76.4 cm³/mol. The average molecular weight is 282 g/mol. The van der Waals surface area contributed by atoms with Crippen LogP contribution in [0.25, 0.3) is 0 Å². The Kier molecular flexibility index (Phi) is 4.48. The fourth-order valence-corrected chi connectivity index (χ4v) is 3.13. The van der Waals surface area contributed by atoms with E-state index >= 15 is 0 Å². The van der Waals surface area contributed by atoms with E-state index in [0.717, 1.165) is 30.2 Å². The van der Waals surface area contributed by atoms with E-state index in [0.29, 0.717) is 5.92 Å². The van der Waals surface area contributed by atoms with Gasteiger partial charge in [-0.1, -0.05) is 30.7 Å². The standard InChI is InChI=1S/C15H20ClNO2/c1-10-4-3-5-14(16)13(10)9-17-7-11(2)12(8-17)6-15(18)19/h3-5,11-12H,6-9H2,1-2H3,(H,18,19)/t11-,12-/m0/s1. The van der Waals surface area contributed by atoms with Crippen LogP contribution in [0.3, 0.4) is 0 Å². The Labute approximate surface area is 119 Å². The van der Waals surface area contributed by atoms with E-state index in [9.17, 15) is 4.79 Å². The van der Waals surface area contributed by atoms with E-state index in [1.165, 1.54) is 5.56 Å². The molecule has 0 amide bonds. The molecule has 0 spiro atoms. The molecule has 1 saturated heterocycles. The maximum absolute atomic E-state index is 10.8. The minimum atomic E-state index is -0.701. The van der Waals surface area contributed by atoms with Crippen molar-refractivity contribution in [2.75, 3.05) is 13.1 Å². The third kappa shape index (κ3) is 3.48. The molecular formula is C15H20ClNO2. The maximum atomic E-state index is 10.8. The number of halogens is 1. The highest BCUT2D eigenvalue weighted by Gasteiger charge is 2.31. The number of rotatable bonds is 4. The first-order chi connectivity index (χ1) is 8.97. The summed E-state index contributed by atoms with van der Waals surface area (Å²) in [5.74, 6) is -0.0215. The summed E-state index contributed by atoms with van der Waals surface area (Å²) in [7, 11) is 0. The molecule has 2 atom stereocenters. The SMILES string of the molecule is Cc1cccc(Cl)c1CN1C[C@H](CC(=O)O)[C@@H](C)C1. The van der Waals surface area contributed by atoms with Crippen LogP contribution in [0.1, 0.15) is 24.5 Å². The summed E-state index contributed by atoms with van der Waals surface area (Å²) >= 11 is 6.24. The number of benzene rings is 1. The second-order valence-electron chi connectivity index (χ2n) is 5.56. The van der Waals surface area contributed by atoms with Crippen LogP contribution in [0.5, 0.6) is 0 Å². The molecule has 0 bridgehead atoms. The van der Waals surface area contributed by atoms with Gasteiger partial charge in [-0.3, -0.25) is 9.69 Å². The topological polar surface area (TPSA) is 40.5 Å². The lowest BCUT2D eigenvalue weighted by molar-refractivity contribution is -0.138. The molecule has 1 aliphatic rings. The van der Waals surface area contributed by atoms with Gasteiger partial charge in [-0.15, -0.1) is 0 Å². The van der Waals surface area contributed by atoms with Crippen molar-refractivity contribution >= 4 is 17.6 Å². The number of carboxylic acids is 1. The number of hydrogen-bond acceptors (Lipinski definition) is 2. The van der Waals surface area contributed by atoms with E-state index in [1.54, 1.807) is 0 Å². The second kappa shape index (κ2) is 5.93. The molecule has 0 unspecified atom stereocenters. The van der Waals surface area contributed by atoms with Crippen LogP contribution in [0.2, 0.25) is 5.02 Å². The van der Waals surface area contributed by atoms with Crippen LogP contribution in [0.15, 0.2) is 18.2 Å². The molecule has 1 heterocycles. The Morgan fingerprint density at radius 1 is 1.47 bits per heavy atom. The molecule has 0 aromatic heterocycles. The van der Waals surface area contributed by atoms with Gasteiger partial charge in [-0.25, -0.2) is 0 Å². The van der Waals surface area contributed by atoms with E-state index in [4.69, 9.17) is 16.7 Å². The zero-order valence-electron chi connectivity index (χ0n) is 11.4. The first kappa shape index (κ1) is 14.4. The molecule has 0 saturated carbocycles. The van der Waals surface area contributed by atoms with E-state index in [-0.39, 0.29) is 12.3 Å². The Balaban J connectivity index is 2.03. The van der Waals surface area contributed by atoms with Crippen molar-refractivity contribution in [2.24, 2.45) is 11.8 Å². The van der Waals surface area contributed by atoms with Gasteiger partial charge in [0, 0.05) is 31.1 Å². The van der Waals surface area contributed by atoms with Crippen LogP contribution in [0, 0.1) is 18.8 Å². The molecule has 1 aliphatic heterocycles. The van der Waals surface area contributed by atoms with Gasteiger partial charge in [0.25, 0.3) is 0 Å². The summed E-state index contributed by atoms with van der Waals surface area (Å²) < 4.78 is 0. The van der Waals surface area contributed by atoms with Gasteiger partial charge >= 0.3 is 5.97 Å². The van der Waals surface area contributed by atoms with Crippen molar-refractivity contribution in [2.45, 2.75) is 26.8 Å². The summed E-state index contributed by atoms with van der Waals surface area (Å²) in [5.41, 5.74) is 2.36. The summed E-state index contributed by atoms with van der Waals surface area (Å²) in [5, 5.41) is 9.72. The van der Waals surface area contributed by atoms with Crippen molar-refractivity contribution in [3.8, 4) is 0 Å². The zero-order valence-corrected chi connectivity index (χ0v) is 12.2. The van der Waals surface area contributed by atoms with Gasteiger partial charge < -0.3 is 5.11 Å². The Morgan fingerprint density at radius 2 is 2.21 bits per heavy atom. The van der Waals surface area contributed by atoms with E-state index in [1.807, 2.05) is 12.1 Å². The predicted octanol–water partition coefficient (Wildman–Crippen LogP) is 3.19. The minimum Gasteiger partial charge on any atom is -0.481 e. The Bertz CT molecular complexity index is 455. The first-order valence-electron chi connectivity index (χ1n) is 6.65. The molecule has 4 heteroatoms. The van der Waals surface area contributed by atoms with Crippen LogP contribution in [-0.4, -0.2) is 29.1 Å². The van der Waals surface area contributed by atoms with Crippen molar-refractivity contribution in [3.63, 3.8) is 0 Å². The molecule has 0 aliphatic carbocycles. The van der Waals surface area contributed by atoms with Crippen molar-refractivity contribution in [1.82, 2.24) is 4.90 Å². The minimum absolute atomic E-state index is 0.250. The van der Waals surface area contributed by atoms with E-state index < -0.39 is 5.97 Å². The number of aliphatic carboxylic acids is 1. The van der Waals surface area contributed by atoms with Crippen molar-refractivity contribution in [1.29, 1.82) is 0 Å². The normalized spacial score (nSPS) is 23.7. The Hall–Kier alpha value is -1.06. The summed E-state index contributed by atoms with van der Waals surface area (Å²) in [4.78, 5) is 13.1. The van der Waals surface area contributed by atoms with Crippen LogP contribution < -0.4 is 0 Å². The summed E-state index contributed by atoms with van der Waals surface area (Å²) in [6.45, 7) is 6.80. The van der Waals surface area contributed by atoms with Gasteiger partial charge in [0.2, 0.25) is 0 Å². The van der Waals surface area contributed by atoms with Gasteiger partial charge in [0.05, 0.1) is 0 Å². The largest absolute Gasteiger partial charge is 0.481 e. The molecule has 1 fully saturated rings. The molecule has 1 aromatic carbocycles. The number of aryl methyl sites for hydroxylation is 1. The third-order valence-corrected chi connectivity index (χ3v) is 4.37. The quantitative estimate of drug-likeness (QED) is 0.921. The number of hydrogen-bond donors (Lipinski definition) is 1. The number of nitrogens with zero attached hydrogens (tertiary/aromatic N) is 1. The second-order valence-corrected chi connectivity index (χ2v) is 5.97. The van der Waals surface area contributed by atoms with Crippen molar-refractivity contribution in [3.05, 3.63) is 34.3 Å². The molecule has 104 valence electrons. The molecule has 1 aromatic rings. The number of likely N-dealkylation sites (tertiary alicyclic amines) is 1. The van der Waals surface area contributed by atoms with Gasteiger partial charge in [-0.2, -0.15) is 0 Å². The first-order valence-corrected chi connectivity index (χ1v) is 7.03. The van der Waals surface area contributed by atoms with E-state index in [2.05, 4.69) is 24.8 Å². The van der Waals surface area contributed by atoms with Gasteiger partial charge in [0.15, 0.2) is 0 Å². The lowest BCUT2D eigenvalue weighted by Crippen LogP contribution is -2.21. The lowest BCUT2D eigenvalue weighted by atomic mass is 9.95. The highest BCUT2D eigenvalue weighted by molar-refractivity contribution is 6.31. The zero-order chi connectivity index (χ0) is 14.0. The molecule has 2 rings (SSSR count). The highest BCUT2D eigenvalue weighted by atomic mass is 35.5. The highest BCUT2D eigenvalue weighted by Crippen LogP contribution is 2.29. The smallest absolute Gasteiger partial charge is 0.303 e. The average Bonchev–Trinajstić information content (AvgIpc) is 2.64. The van der Waals surface area contributed by atoms with Crippen LogP contribution >= 0.6 is 11.6 Å². The maximum Gasteiger partial charge on any atom is 0.303 e. The molecule has 0 radical (unpaired) electrons. The number of carbonyl (C=O) groups is 1. The number of carboxylic acid groups (broad SMARTS) is 1. The summed E-state index contributed by atoms with van der Waals surface area (Å²) in [6, 6.07) is 5.94. The molecular weight excluding hydrogens is 262 g/mol. The fourth-order valence-electron chi connectivity index (χ4n) is 2.85. The fraction of sp³-hybridized carbons (Fsp3) is 0.533.